The summed E-state index contributed by atoms with van der Waals surface area (Å²) < 4.78 is 6.49. The van der Waals surface area contributed by atoms with Gasteiger partial charge in [0.25, 0.3) is 0 Å². The molecule has 0 N–H and O–H groups in total. The molecule has 0 bridgehead atoms. The van der Waals surface area contributed by atoms with Gasteiger partial charge in [0.2, 0.25) is 8.32 Å². The van der Waals surface area contributed by atoms with Crippen molar-refractivity contribution < 1.29 is 4.43 Å². The van der Waals surface area contributed by atoms with Gasteiger partial charge in [0.1, 0.15) is 0 Å². The summed E-state index contributed by atoms with van der Waals surface area (Å²) in [5, 5.41) is 1.42. The number of hydrogen-bond donors (Lipinski definition) is 0. The SMILES string of the molecule is C=Cc1ccccc1[Si]1(Cc2ccccc2)CCCCO1. The van der Waals surface area contributed by atoms with E-state index in [0.717, 1.165) is 12.7 Å². The van der Waals surface area contributed by atoms with Crippen molar-refractivity contribution in [2.45, 2.75) is 24.9 Å². The van der Waals surface area contributed by atoms with Crippen LogP contribution >= 0.6 is 0 Å². The van der Waals surface area contributed by atoms with E-state index < -0.39 is 8.32 Å². The molecule has 0 aliphatic carbocycles. The minimum Gasteiger partial charge on any atom is -0.412 e. The molecule has 0 aromatic heterocycles. The molecule has 108 valence electrons. The van der Waals surface area contributed by atoms with Gasteiger partial charge in [-0.05, 0) is 34.8 Å². The van der Waals surface area contributed by atoms with Gasteiger partial charge >= 0.3 is 0 Å². The highest BCUT2D eigenvalue weighted by atomic mass is 28.4. The van der Waals surface area contributed by atoms with Gasteiger partial charge in [-0.3, -0.25) is 0 Å². The summed E-state index contributed by atoms with van der Waals surface area (Å²) >= 11 is 0. The molecule has 2 aromatic rings. The van der Waals surface area contributed by atoms with E-state index in [4.69, 9.17) is 4.43 Å². The average Bonchev–Trinajstić information content (AvgIpc) is 2.56. The molecule has 1 saturated heterocycles. The van der Waals surface area contributed by atoms with Gasteiger partial charge in [-0.15, -0.1) is 0 Å². The number of benzene rings is 2. The molecule has 2 heteroatoms. The van der Waals surface area contributed by atoms with E-state index in [1.54, 1.807) is 0 Å². The van der Waals surface area contributed by atoms with Gasteiger partial charge in [0.15, 0.2) is 0 Å². The summed E-state index contributed by atoms with van der Waals surface area (Å²) in [6.07, 6.45) is 4.46. The summed E-state index contributed by atoms with van der Waals surface area (Å²) in [5.74, 6) is 0. The second kappa shape index (κ2) is 6.42. The largest absolute Gasteiger partial charge is 0.412 e. The van der Waals surface area contributed by atoms with E-state index in [9.17, 15) is 0 Å². The van der Waals surface area contributed by atoms with Crippen molar-refractivity contribution in [2.24, 2.45) is 0 Å². The lowest BCUT2D eigenvalue weighted by Crippen LogP contribution is -2.56. The normalized spacial score (nSPS) is 21.9. The first-order valence-corrected chi connectivity index (χ1v) is 10.1. The molecule has 1 unspecified atom stereocenters. The van der Waals surface area contributed by atoms with Crippen molar-refractivity contribution in [3.05, 3.63) is 72.3 Å². The summed E-state index contributed by atoms with van der Waals surface area (Å²) in [6.45, 7) is 4.90. The Hall–Kier alpha value is -1.64. The zero-order valence-electron chi connectivity index (χ0n) is 12.4. The average molecular weight is 294 g/mol. The maximum absolute atomic E-state index is 6.49. The van der Waals surface area contributed by atoms with Crippen LogP contribution in [0.25, 0.3) is 6.08 Å². The van der Waals surface area contributed by atoms with Crippen LogP contribution in [0.5, 0.6) is 0 Å². The minimum atomic E-state index is -1.94. The second-order valence-corrected chi connectivity index (χ2v) is 9.42. The quantitative estimate of drug-likeness (QED) is 0.772. The maximum Gasteiger partial charge on any atom is 0.229 e. The van der Waals surface area contributed by atoms with E-state index in [1.165, 1.54) is 35.2 Å². The van der Waals surface area contributed by atoms with Crippen LogP contribution in [0.3, 0.4) is 0 Å². The van der Waals surface area contributed by atoms with Gasteiger partial charge in [0.05, 0.1) is 0 Å². The molecule has 0 saturated carbocycles. The van der Waals surface area contributed by atoms with Gasteiger partial charge in [-0.25, -0.2) is 0 Å². The third kappa shape index (κ3) is 3.02. The predicted molar refractivity (Wildman–Crippen MR) is 92.1 cm³/mol. The Morgan fingerprint density at radius 2 is 1.76 bits per heavy atom. The predicted octanol–water partition coefficient (Wildman–Crippen LogP) is 4.07. The Kier molecular flexibility index (Phi) is 4.37. The van der Waals surface area contributed by atoms with Gasteiger partial charge in [0, 0.05) is 6.61 Å². The summed E-state index contributed by atoms with van der Waals surface area (Å²) in [5.41, 5.74) is 2.65. The van der Waals surface area contributed by atoms with Crippen molar-refractivity contribution >= 4 is 19.6 Å². The molecular formula is C19H22OSi. The third-order valence-corrected chi connectivity index (χ3v) is 8.69. The van der Waals surface area contributed by atoms with E-state index >= 15 is 0 Å². The highest BCUT2D eigenvalue weighted by Crippen LogP contribution is 2.27. The van der Waals surface area contributed by atoms with Crippen LogP contribution in [0.4, 0.5) is 0 Å². The van der Waals surface area contributed by atoms with Crippen LogP contribution in [-0.2, 0) is 10.5 Å². The fourth-order valence-corrected chi connectivity index (χ4v) is 7.72. The number of rotatable bonds is 4. The first-order valence-electron chi connectivity index (χ1n) is 7.74. The van der Waals surface area contributed by atoms with Gasteiger partial charge < -0.3 is 4.43 Å². The van der Waals surface area contributed by atoms with Crippen LogP contribution in [-0.4, -0.2) is 14.9 Å². The molecule has 1 fully saturated rings. The van der Waals surface area contributed by atoms with E-state index in [-0.39, 0.29) is 0 Å². The zero-order chi connectivity index (χ0) is 14.5. The van der Waals surface area contributed by atoms with Gasteiger partial charge in [-0.1, -0.05) is 73.7 Å². The fourth-order valence-electron chi connectivity index (χ4n) is 3.31. The van der Waals surface area contributed by atoms with Crippen LogP contribution in [0.2, 0.25) is 6.04 Å². The lowest BCUT2D eigenvalue weighted by Gasteiger charge is -2.36. The summed E-state index contributed by atoms with van der Waals surface area (Å²) in [4.78, 5) is 0. The Bertz CT molecular complexity index is 600. The minimum absolute atomic E-state index is 0.907. The molecule has 1 atom stereocenters. The van der Waals surface area contributed by atoms with E-state index in [0.29, 0.717) is 0 Å². The van der Waals surface area contributed by atoms with Crippen LogP contribution in [0.15, 0.2) is 61.2 Å². The molecular weight excluding hydrogens is 272 g/mol. The van der Waals surface area contributed by atoms with Crippen molar-refractivity contribution in [3.8, 4) is 0 Å². The lowest BCUT2D eigenvalue weighted by molar-refractivity contribution is 0.274. The van der Waals surface area contributed by atoms with Crippen molar-refractivity contribution in [3.63, 3.8) is 0 Å². The molecule has 2 aromatic carbocycles. The molecule has 0 amide bonds. The maximum atomic E-state index is 6.49. The van der Waals surface area contributed by atoms with Gasteiger partial charge in [-0.2, -0.15) is 0 Å². The molecule has 1 heterocycles. The molecule has 21 heavy (non-hydrogen) atoms. The third-order valence-electron chi connectivity index (χ3n) is 4.36. The topological polar surface area (TPSA) is 9.23 Å². The first kappa shape index (κ1) is 14.3. The van der Waals surface area contributed by atoms with E-state index in [2.05, 4.69) is 61.2 Å². The monoisotopic (exact) mass is 294 g/mol. The smallest absolute Gasteiger partial charge is 0.229 e. The molecule has 0 radical (unpaired) electrons. The number of hydrogen-bond acceptors (Lipinski definition) is 1. The van der Waals surface area contributed by atoms with Crippen molar-refractivity contribution in [1.82, 2.24) is 0 Å². The Labute approximate surface area is 128 Å². The van der Waals surface area contributed by atoms with Crippen LogP contribution in [0, 0.1) is 0 Å². The van der Waals surface area contributed by atoms with Crippen molar-refractivity contribution in [1.29, 1.82) is 0 Å². The molecule has 1 aliphatic rings. The van der Waals surface area contributed by atoms with Crippen molar-refractivity contribution in [2.75, 3.05) is 6.61 Å². The second-order valence-electron chi connectivity index (χ2n) is 5.75. The highest BCUT2D eigenvalue weighted by Gasteiger charge is 2.40. The van der Waals surface area contributed by atoms with E-state index in [1.807, 2.05) is 6.08 Å². The van der Waals surface area contributed by atoms with Crippen LogP contribution in [0.1, 0.15) is 24.0 Å². The highest BCUT2D eigenvalue weighted by molar-refractivity contribution is 6.86. The molecule has 1 nitrogen and oxygen atoms in total. The Morgan fingerprint density at radius 1 is 1.00 bits per heavy atom. The molecule has 0 spiro atoms. The zero-order valence-corrected chi connectivity index (χ0v) is 13.4. The molecule has 3 rings (SSSR count). The molecule has 1 aliphatic heterocycles. The first-order chi connectivity index (χ1) is 10.3. The fraction of sp³-hybridized carbons (Fsp3) is 0.263. The Morgan fingerprint density at radius 3 is 2.48 bits per heavy atom. The summed E-state index contributed by atoms with van der Waals surface area (Å²) in [7, 11) is -1.94. The summed E-state index contributed by atoms with van der Waals surface area (Å²) in [6, 6.07) is 21.7. The van der Waals surface area contributed by atoms with Crippen LogP contribution < -0.4 is 5.19 Å². The lowest BCUT2D eigenvalue weighted by atomic mass is 10.2. The standard InChI is InChI=1S/C19H22OSi/c1-2-18-12-6-7-13-19(18)21(15-9-8-14-20-21)16-17-10-4-3-5-11-17/h2-7,10-13H,1,8-9,14-16H2. The Balaban J connectivity index is 2.02.